The van der Waals surface area contributed by atoms with Crippen LogP contribution >= 0.6 is 0 Å². The molecule has 0 unspecified atom stereocenters. The summed E-state index contributed by atoms with van der Waals surface area (Å²) in [6.07, 6.45) is 5.72. The average molecular weight is 331 g/mol. The molecule has 1 amide bonds. The minimum Gasteiger partial charge on any atom is -0.382 e. The molecule has 0 aliphatic heterocycles. The highest BCUT2D eigenvalue weighted by atomic mass is 16.5. The third-order valence-corrected chi connectivity index (χ3v) is 5.05. The maximum absolute atomic E-state index is 12.5. The van der Waals surface area contributed by atoms with E-state index in [1.807, 2.05) is 6.92 Å². The summed E-state index contributed by atoms with van der Waals surface area (Å²) >= 11 is 0. The van der Waals surface area contributed by atoms with Gasteiger partial charge >= 0.3 is 5.69 Å². The van der Waals surface area contributed by atoms with Crippen molar-refractivity contribution in [2.75, 3.05) is 19.8 Å². The van der Waals surface area contributed by atoms with Crippen LogP contribution in [-0.4, -0.2) is 35.6 Å². The highest BCUT2D eigenvalue weighted by molar-refractivity contribution is 5.97. The first-order valence-electron chi connectivity index (χ1n) is 8.70. The van der Waals surface area contributed by atoms with Gasteiger partial charge in [-0.1, -0.05) is 12.8 Å². The molecule has 1 aliphatic carbocycles. The Kier molecular flexibility index (Phi) is 5.04. The van der Waals surface area contributed by atoms with Gasteiger partial charge in [-0.2, -0.15) is 0 Å². The van der Waals surface area contributed by atoms with Crippen LogP contribution in [0.1, 0.15) is 49.4 Å². The molecule has 3 N–H and O–H groups in total. The fourth-order valence-electron chi connectivity index (χ4n) is 3.62. The van der Waals surface area contributed by atoms with Crippen molar-refractivity contribution in [2.45, 2.75) is 39.0 Å². The summed E-state index contributed by atoms with van der Waals surface area (Å²) in [5, 5.41) is 3.08. The van der Waals surface area contributed by atoms with Gasteiger partial charge in [0, 0.05) is 25.3 Å². The fraction of sp³-hybridized carbons (Fsp3) is 0.556. The van der Waals surface area contributed by atoms with Crippen LogP contribution in [0.2, 0.25) is 0 Å². The zero-order chi connectivity index (χ0) is 17.0. The molecular formula is C18H25N3O3. The molecule has 0 atom stereocenters. The number of imidazole rings is 1. The van der Waals surface area contributed by atoms with Gasteiger partial charge in [-0.3, -0.25) is 4.79 Å². The first kappa shape index (κ1) is 16.8. The van der Waals surface area contributed by atoms with Crippen LogP contribution in [-0.2, 0) is 4.74 Å². The van der Waals surface area contributed by atoms with Crippen molar-refractivity contribution < 1.29 is 9.53 Å². The molecule has 2 aromatic rings. The van der Waals surface area contributed by atoms with Gasteiger partial charge in [-0.15, -0.1) is 0 Å². The molecule has 0 radical (unpaired) electrons. The monoisotopic (exact) mass is 331 g/mol. The van der Waals surface area contributed by atoms with Crippen LogP contribution in [0.15, 0.2) is 23.0 Å². The summed E-state index contributed by atoms with van der Waals surface area (Å²) in [4.78, 5) is 29.2. The summed E-state index contributed by atoms with van der Waals surface area (Å²) in [5.74, 6) is -0.0957. The van der Waals surface area contributed by atoms with Crippen molar-refractivity contribution in [2.24, 2.45) is 5.41 Å². The predicted molar refractivity (Wildman–Crippen MR) is 93.3 cm³/mol. The van der Waals surface area contributed by atoms with E-state index < -0.39 is 0 Å². The van der Waals surface area contributed by atoms with Crippen LogP contribution in [0, 0.1) is 5.41 Å². The van der Waals surface area contributed by atoms with E-state index in [9.17, 15) is 9.59 Å². The lowest BCUT2D eigenvalue weighted by Crippen LogP contribution is -2.36. The van der Waals surface area contributed by atoms with E-state index >= 15 is 0 Å². The Morgan fingerprint density at radius 3 is 2.75 bits per heavy atom. The van der Waals surface area contributed by atoms with E-state index in [1.54, 1.807) is 18.2 Å². The normalized spacial score (nSPS) is 16.5. The highest BCUT2D eigenvalue weighted by Crippen LogP contribution is 2.40. The van der Waals surface area contributed by atoms with Gasteiger partial charge in [-0.25, -0.2) is 4.79 Å². The number of hydrogen-bond donors (Lipinski definition) is 3. The number of amides is 1. The number of carbonyl (C=O) groups is 1. The lowest BCUT2D eigenvalue weighted by Gasteiger charge is -2.29. The first-order valence-corrected chi connectivity index (χ1v) is 8.70. The predicted octanol–water partition coefficient (Wildman–Crippen LogP) is 2.57. The van der Waals surface area contributed by atoms with Gasteiger partial charge in [-0.05, 0) is 49.8 Å². The van der Waals surface area contributed by atoms with Crippen molar-refractivity contribution >= 4 is 16.9 Å². The topological polar surface area (TPSA) is 87.0 Å². The average Bonchev–Trinajstić information content (AvgIpc) is 3.18. The summed E-state index contributed by atoms with van der Waals surface area (Å²) in [5.41, 5.74) is 1.83. The number of nitrogens with one attached hydrogen (secondary N) is 3. The molecule has 1 aromatic carbocycles. The second-order valence-corrected chi connectivity index (χ2v) is 6.68. The Hall–Kier alpha value is -2.08. The number of fused-ring (bicyclic) bond motifs is 1. The first-order chi connectivity index (χ1) is 11.6. The van der Waals surface area contributed by atoms with Crippen LogP contribution in [0.4, 0.5) is 0 Å². The quantitative estimate of drug-likeness (QED) is 0.682. The molecule has 1 aromatic heterocycles. The number of benzene rings is 1. The zero-order valence-corrected chi connectivity index (χ0v) is 14.1. The summed E-state index contributed by atoms with van der Waals surface area (Å²) in [6, 6.07) is 5.20. The molecule has 6 heteroatoms. The number of aromatic nitrogens is 2. The van der Waals surface area contributed by atoms with Crippen molar-refractivity contribution in [3.63, 3.8) is 0 Å². The molecule has 0 saturated heterocycles. The minimum absolute atomic E-state index is 0.0957. The summed E-state index contributed by atoms with van der Waals surface area (Å²) < 4.78 is 5.51. The van der Waals surface area contributed by atoms with Crippen molar-refractivity contribution in [3.05, 3.63) is 34.2 Å². The van der Waals surface area contributed by atoms with E-state index in [0.717, 1.165) is 32.5 Å². The minimum atomic E-state index is -0.261. The Bertz CT molecular complexity index is 756. The number of ether oxygens (including phenoxy) is 1. The Balaban J connectivity index is 1.64. The number of rotatable bonds is 7. The lowest BCUT2D eigenvalue weighted by molar-refractivity contribution is 0.0863. The molecule has 24 heavy (non-hydrogen) atoms. The molecule has 0 bridgehead atoms. The molecule has 1 aliphatic rings. The standard InChI is InChI=1S/C18H25N3O3/c1-2-24-10-9-18(7-3-4-8-18)12-19-16(22)13-5-6-14-15(11-13)21-17(23)20-14/h5-6,11H,2-4,7-10,12H2,1H3,(H,19,22)(H2,20,21,23). The summed E-state index contributed by atoms with van der Waals surface area (Å²) in [6.45, 7) is 4.17. The maximum atomic E-state index is 12.5. The van der Waals surface area contributed by atoms with Crippen LogP contribution < -0.4 is 11.0 Å². The fourth-order valence-corrected chi connectivity index (χ4v) is 3.62. The van der Waals surface area contributed by atoms with Crippen LogP contribution in [0.25, 0.3) is 11.0 Å². The van der Waals surface area contributed by atoms with Gasteiger partial charge in [0.2, 0.25) is 0 Å². The lowest BCUT2D eigenvalue weighted by atomic mass is 9.83. The van der Waals surface area contributed by atoms with Crippen molar-refractivity contribution in [1.29, 1.82) is 0 Å². The van der Waals surface area contributed by atoms with Gasteiger partial charge in [0.1, 0.15) is 0 Å². The largest absolute Gasteiger partial charge is 0.382 e. The van der Waals surface area contributed by atoms with Crippen molar-refractivity contribution in [1.82, 2.24) is 15.3 Å². The zero-order valence-electron chi connectivity index (χ0n) is 14.1. The van der Waals surface area contributed by atoms with Crippen molar-refractivity contribution in [3.8, 4) is 0 Å². The second kappa shape index (κ2) is 7.21. The molecule has 1 saturated carbocycles. The van der Waals surface area contributed by atoms with Gasteiger partial charge in [0.05, 0.1) is 11.0 Å². The maximum Gasteiger partial charge on any atom is 0.323 e. The smallest absolute Gasteiger partial charge is 0.323 e. The second-order valence-electron chi connectivity index (χ2n) is 6.68. The van der Waals surface area contributed by atoms with E-state index in [1.165, 1.54) is 12.8 Å². The Morgan fingerprint density at radius 2 is 2.00 bits per heavy atom. The van der Waals surface area contributed by atoms with Crippen LogP contribution in [0.5, 0.6) is 0 Å². The molecule has 1 fully saturated rings. The number of H-pyrrole nitrogens is 2. The molecule has 3 rings (SSSR count). The van der Waals surface area contributed by atoms with E-state index in [-0.39, 0.29) is 17.0 Å². The number of hydrogen-bond acceptors (Lipinski definition) is 3. The van der Waals surface area contributed by atoms with Gasteiger partial charge in [0.15, 0.2) is 0 Å². The highest BCUT2D eigenvalue weighted by Gasteiger charge is 2.33. The number of aromatic amines is 2. The van der Waals surface area contributed by atoms with E-state index in [0.29, 0.717) is 23.1 Å². The van der Waals surface area contributed by atoms with Gasteiger partial charge < -0.3 is 20.0 Å². The molecule has 6 nitrogen and oxygen atoms in total. The summed E-state index contributed by atoms with van der Waals surface area (Å²) in [7, 11) is 0. The SMILES string of the molecule is CCOCCC1(CNC(=O)c2ccc3[nH]c(=O)[nH]c3c2)CCCC1. The number of carbonyl (C=O) groups excluding carboxylic acids is 1. The Morgan fingerprint density at radius 1 is 1.25 bits per heavy atom. The van der Waals surface area contributed by atoms with Gasteiger partial charge in [0.25, 0.3) is 5.91 Å². The Labute approximate surface area is 141 Å². The third-order valence-electron chi connectivity index (χ3n) is 5.05. The molecule has 130 valence electrons. The molecule has 0 spiro atoms. The molecule has 1 heterocycles. The van der Waals surface area contributed by atoms with E-state index in [2.05, 4.69) is 15.3 Å². The van der Waals surface area contributed by atoms with Crippen LogP contribution in [0.3, 0.4) is 0 Å². The van der Waals surface area contributed by atoms with E-state index in [4.69, 9.17) is 4.74 Å². The molecular weight excluding hydrogens is 306 g/mol. The third kappa shape index (κ3) is 3.70.